The van der Waals surface area contributed by atoms with Crippen LogP contribution in [-0.2, 0) is 15.6 Å². The summed E-state index contributed by atoms with van der Waals surface area (Å²) in [6, 6.07) is -0.0209. The van der Waals surface area contributed by atoms with Gasteiger partial charge in [0.05, 0.1) is 0 Å². The smallest absolute Gasteiger partial charge is 0.224 e. The van der Waals surface area contributed by atoms with E-state index in [2.05, 4.69) is 10.6 Å². The monoisotopic (exact) mass is 234 g/mol. The second-order valence-corrected chi connectivity index (χ2v) is 5.34. The number of hydrogen-bond acceptors (Lipinski definition) is 3. The van der Waals surface area contributed by atoms with Gasteiger partial charge in [-0.25, -0.2) is 0 Å². The predicted molar refractivity (Wildman–Crippen MR) is 64.2 cm³/mol. The van der Waals surface area contributed by atoms with Gasteiger partial charge in [0.25, 0.3) is 0 Å². The number of hydrogen-bond donors (Lipinski definition) is 2. The zero-order valence-corrected chi connectivity index (χ0v) is 10.8. The summed E-state index contributed by atoms with van der Waals surface area (Å²) in [4.78, 5) is 11.6. The molecule has 0 aliphatic heterocycles. The van der Waals surface area contributed by atoms with Gasteiger partial charge in [0.1, 0.15) is 0 Å². The zero-order valence-electron chi connectivity index (χ0n) is 10.0. The first-order valence-electron chi connectivity index (χ1n) is 5.28. The number of carbonyl (C=O) groups is 1. The highest BCUT2D eigenvalue weighted by molar-refractivity contribution is 7.84. The van der Waals surface area contributed by atoms with E-state index in [1.807, 2.05) is 20.8 Å². The van der Waals surface area contributed by atoms with Crippen LogP contribution in [0.2, 0.25) is 0 Å². The van der Waals surface area contributed by atoms with Crippen molar-refractivity contribution in [3.05, 3.63) is 0 Å². The van der Waals surface area contributed by atoms with Crippen LogP contribution in [0.25, 0.3) is 0 Å². The second-order valence-electron chi connectivity index (χ2n) is 3.86. The van der Waals surface area contributed by atoms with Crippen LogP contribution in [0, 0.1) is 5.92 Å². The van der Waals surface area contributed by atoms with Crippen LogP contribution in [0.4, 0.5) is 0 Å². The van der Waals surface area contributed by atoms with Crippen molar-refractivity contribution in [2.45, 2.75) is 26.8 Å². The normalized spacial score (nSPS) is 16.8. The minimum atomic E-state index is -0.861. The maximum Gasteiger partial charge on any atom is 0.224 e. The lowest BCUT2D eigenvalue weighted by atomic mass is 10.1. The van der Waals surface area contributed by atoms with Gasteiger partial charge in [-0.3, -0.25) is 9.00 Å². The number of amides is 1. The molecule has 5 heteroatoms. The highest BCUT2D eigenvalue weighted by Crippen LogP contribution is 1.95. The molecular weight excluding hydrogens is 212 g/mol. The van der Waals surface area contributed by atoms with Crippen LogP contribution >= 0.6 is 0 Å². The molecule has 0 aromatic heterocycles. The summed E-state index contributed by atoms with van der Waals surface area (Å²) in [5, 5.41) is 5.97. The third kappa shape index (κ3) is 7.50. The van der Waals surface area contributed by atoms with Crippen LogP contribution in [0.15, 0.2) is 0 Å². The molecular formula is C10H22N2O2S. The van der Waals surface area contributed by atoms with Crippen LogP contribution in [0.5, 0.6) is 0 Å². The third-order valence-electron chi connectivity index (χ3n) is 2.02. The van der Waals surface area contributed by atoms with Crippen molar-refractivity contribution in [3.63, 3.8) is 0 Å². The van der Waals surface area contributed by atoms with Gasteiger partial charge >= 0.3 is 0 Å². The maximum absolute atomic E-state index is 11.6. The van der Waals surface area contributed by atoms with Gasteiger partial charge in [-0.15, -0.1) is 0 Å². The Morgan fingerprint density at radius 1 is 1.40 bits per heavy atom. The molecule has 0 saturated heterocycles. The lowest BCUT2D eigenvalue weighted by Gasteiger charge is -2.16. The Kier molecular flexibility index (Phi) is 7.60. The molecule has 0 bridgehead atoms. The van der Waals surface area contributed by atoms with E-state index in [1.165, 1.54) is 0 Å². The molecule has 0 radical (unpaired) electrons. The summed E-state index contributed by atoms with van der Waals surface area (Å²) in [5.74, 6) is 0.492. The molecule has 0 fully saturated rings. The highest BCUT2D eigenvalue weighted by atomic mass is 32.2. The Bertz CT molecular complexity index is 221. The standard InChI is InChI=1S/C10H22N2O2S/c1-5-11-6-8(2)10(13)12-9(3)7-15(4)14/h8-9,11H,5-7H2,1-4H3,(H,12,13). The average molecular weight is 234 g/mol. The summed E-state index contributed by atoms with van der Waals surface area (Å²) in [5.41, 5.74) is 0. The fourth-order valence-electron chi connectivity index (χ4n) is 1.23. The van der Waals surface area contributed by atoms with E-state index in [0.717, 1.165) is 6.54 Å². The van der Waals surface area contributed by atoms with Crippen molar-refractivity contribution in [2.24, 2.45) is 5.92 Å². The van der Waals surface area contributed by atoms with Crippen LogP contribution < -0.4 is 10.6 Å². The molecule has 0 saturated carbocycles. The highest BCUT2D eigenvalue weighted by Gasteiger charge is 2.14. The average Bonchev–Trinajstić information content (AvgIpc) is 2.12. The van der Waals surface area contributed by atoms with Crippen LogP contribution in [-0.4, -0.2) is 41.3 Å². The second kappa shape index (κ2) is 7.82. The summed E-state index contributed by atoms with van der Waals surface area (Å²) in [7, 11) is -0.861. The van der Waals surface area contributed by atoms with E-state index in [-0.39, 0.29) is 17.9 Å². The van der Waals surface area contributed by atoms with Crippen molar-refractivity contribution in [2.75, 3.05) is 25.1 Å². The molecule has 0 aromatic carbocycles. The van der Waals surface area contributed by atoms with E-state index in [1.54, 1.807) is 6.26 Å². The maximum atomic E-state index is 11.6. The Morgan fingerprint density at radius 2 is 2.00 bits per heavy atom. The van der Waals surface area contributed by atoms with Gasteiger partial charge in [-0.05, 0) is 13.5 Å². The molecule has 15 heavy (non-hydrogen) atoms. The fraction of sp³-hybridized carbons (Fsp3) is 0.900. The molecule has 3 unspecified atom stereocenters. The summed E-state index contributed by atoms with van der Waals surface area (Å²) in [6.45, 7) is 7.32. The molecule has 0 rings (SSSR count). The van der Waals surface area contributed by atoms with Gasteiger partial charge in [0.15, 0.2) is 0 Å². The topological polar surface area (TPSA) is 58.2 Å². The SMILES string of the molecule is CCNCC(C)C(=O)NC(C)CS(C)=O. The van der Waals surface area contributed by atoms with E-state index in [9.17, 15) is 9.00 Å². The Balaban J connectivity index is 3.85. The van der Waals surface area contributed by atoms with E-state index in [4.69, 9.17) is 0 Å². The predicted octanol–water partition coefficient (Wildman–Crippen LogP) is 0.115. The van der Waals surface area contributed by atoms with Gasteiger partial charge in [-0.2, -0.15) is 0 Å². The Morgan fingerprint density at radius 3 is 2.47 bits per heavy atom. The van der Waals surface area contributed by atoms with Gasteiger partial charge in [0.2, 0.25) is 5.91 Å². The molecule has 0 aliphatic rings. The number of nitrogens with one attached hydrogen (secondary N) is 2. The quantitative estimate of drug-likeness (QED) is 0.657. The molecule has 0 heterocycles. The molecule has 4 nitrogen and oxygen atoms in total. The van der Waals surface area contributed by atoms with E-state index in [0.29, 0.717) is 12.3 Å². The molecule has 0 spiro atoms. The largest absolute Gasteiger partial charge is 0.352 e. The molecule has 1 amide bonds. The number of carbonyl (C=O) groups excluding carboxylic acids is 1. The van der Waals surface area contributed by atoms with Gasteiger partial charge in [0, 0.05) is 41.3 Å². The Hall–Kier alpha value is -0.420. The van der Waals surface area contributed by atoms with Crippen molar-refractivity contribution in [1.29, 1.82) is 0 Å². The summed E-state index contributed by atoms with van der Waals surface area (Å²) >= 11 is 0. The molecule has 0 aromatic rings. The van der Waals surface area contributed by atoms with Gasteiger partial charge < -0.3 is 10.6 Å². The van der Waals surface area contributed by atoms with E-state index < -0.39 is 10.8 Å². The minimum absolute atomic E-state index is 0.0209. The van der Waals surface area contributed by atoms with Crippen molar-refractivity contribution >= 4 is 16.7 Å². The lowest BCUT2D eigenvalue weighted by molar-refractivity contribution is -0.124. The number of rotatable bonds is 7. The lowest BCUT2D eigenvalue weighted by Crippen LogP contribution is -2.41. The van der Waals surface area contributed by atoms with Crippen LogP contribution in [0.1, 0.15) is 20.8 Å². The first kappa shape index (κ1) is 14.6. The van der Waals surface area contributed by atoms with E-state index >= 15 is 0 Å². The van der Waals surface area contributed by atoms with Crippen molar-refractivity contribution in [1.82, 2.24) is 10.6 Å². The fourth-order valence-corrected chi connectivity index (χ4v) is 2.02. The van der Waals surface area contributed by atoms with Crippen molar-refractivity contribution < 1.29 is 9.00 Å². The molecule has 3 atom stereocenters. The third-order valence-corrected chi connectivity index (χ3v) is 2.99. The summed E-state index contributed by atoms with van der Waals surface area (Å²) in [6.07, 6.45) is 1.64. The molecule has 0 aliphatic carbocycles. The Labute approximate surface area is 94.7 Å². The molecule has 90 valence electrons. The van der Waals surface area contributed by atoms with Crippen molar-refractivity contribution in [3.8, 4) is 0 Å². The first-order valence-corrected chi connectivity index (χ1v) is 7.01. The minimum Gasteiger partial charge on any atom is -0.352 e. The zero-order chi connectivity index (χ0) is 11.8. The first-order chi connectivity index (χ1) is 6.97. The summed E-state index contributed by atoms with van der Waals surface area (Å²) < 4.78 is 10.9. The molecule has 2 N–H and O–H groups in total. The van der Waals surface area contributed by atoms with Gasteiger partial charge in [-0.1, -0.05) is 13.8 Å². The van der Waals surface area contributed by atoms with Crippen LogP contribution in [0.3, 0.4) is 0 Å².